The van der Waals surface area contributed by atoms with Crippen molar-refractivity contribution in [3.05, 3.63) is 222 Å². The summed E-state index contributed by atoms with van der Waals surface area (Å²) in [5.74, 6) is 0. The maximum atomic E-state index is 6.77. The fraction of sp³-hybridized carbons (Fsp3) is 0.0182. The molecule has 0 aliphatic heterocycles. The van der Waals surface area contributed by atoms with Gasteiger partial charge < -0.3 is 8.98 Å². The molecule has 0 spiro atoms. The van der Waals surface area contributed by atoms with Gasteiger partial charge in [-0.1, -0.05) is 170 Å². The normalized spacial score (nSPS) is 13.3. The van der Waals surface area contributed by atoms with E-state index in [1.807, 2.05) is 11.3 Å². The highest BCUT2D eigenvalue weighted by Gasteiger charge is 2.45. The third-order valence-electron chi connectivity index (χ3n) is 12.7. The zero-order chi connectivity index (χ0) is 38.0. The average Bonchev–Trinajstić information content (AvgIpc) is 4.04. The summed E-state index contributed by atoms with van der Waals surface area (Å²) < 4.78 is 11.8. The molecule has 0 fully saturated rings. The molecule has 0 amide bonds. The van der Waals surface area contributed by atoms with Gasteiger partial charge in [0.1, 0.15) is 11.2 Å². The number of nitrogens with zero attached hydrogens (tertiary/aromatic N) is 1. The van der Waals surface area contributed by atoms with Crippen LogP contribution in [0.15, 0.2) is 205 Å². The van der Waals surface area contributed by atoms with Crippen LogP contribution in [-0.4, -0.2) is 4.57 Å². The monoisotopic (exact) mass is 755 g/mol. The Balaban J connectivity index is 0.994. The molecule has 270 valence electrons. The summed E-state index contributed by atoms with van der Waals surface area (Å²) in [6, 6.07) is 73.4. The van der Waals surface area contributed by atoms with Crippen molar-refractivity contribution in [3.8, 4) is 27.9 Å². The molecule has 0 unspecified atom stereocenters. The standard InChI is InChI=1S/C55H33NOS/c1-2-14-36(15-3-1)55(44-21-9-4-16-39(44)40-17-5-10-22-45(40)55)37-30-26-34(27-31-37)35-28-32-38(33-29-35)56-46-23-11-6-18-41(46)49-50-42-19-7-12-24-47(42)57-53(50)51-43-20-8-13-25-48(43)58-54(51)52(49)56/h1-33H. The van der Waals surface area contributed by atoms with Gasteiger partial charge in [-0.2, -0.15) is 0 Å². The molecule has 2 nitrogen and oxygen atoms in total. The van der Waals surface area contributed by atoms with E-state index in [1.165, 1.54) is 91.9 Å². The lowest BCUT2D eigenvalue weighted by Gasteiger charge is -2.34. The van der Waals surface area contributed by atoms with Crippen LogP contribution in [0.1, 0.15) is 22.3 Å². The summed E-state index contributed by atoms with van der Waals surface area (Å²) in [7, 11) is 0. The minimum absolute atomic E-state index is 0.406. The van der Waals surface area contributed by atoms with Crippen molar-refractivity contribution in [2.75, 3.05) is 0 Å². The van der Waals surface area contributed by atoms with Crippen LogP contribution in [0.2, 0.25) is 0 Å². The van der Waals surface area contributed by atoms with E-state index in [2.05, 4.69) is 205 Å². The van der Waals surface area contributed by atoms with E-state index >= 15 is 0 Å². The maximum Gasteiger partial charge on any atom is 0.145 e. The topological polar surface area (TPSA) is 18.1 Å². The van der Waals surface area contributed by atoms with Gasteiger partial charge in [0.25, 0.3) is 0 Å². The Labute approximate surface area is 338 Å². The fourth-order valence-corrected chi connectivity index (χ4v) is 11.6. The number of hydrogen-bond acceptors (Lipinski definition) is 2. The number of para-hydroxylation sites is 2. The Morgan fingerprint density at radius 3 is 1.74 bits per heavy atom. The molecule has 3 heterocycles. The van der Waals surface area contributed by atoms with Gasteiger partial charge >= 0.3 is 0 Å². The van der Waals surface area contributed by atoms with E-state index in [0.29, 0.717) is 0 Å². The first-order valence-corrected chi connectivity index (χ1v) is 20.7. The summed E-state index contributed by atoms with van der Waals surface area (Å²) in [5, 5.41) is 7.25. The molecule has 3 heteroatoms. The highest BCUT2D eigenvalue weighted by molar-refractivity contribution is 7.27. The lowest BCUT2D eigenvalue weighted by Crippen LogP contribution is -2.28. The number of rotatable bonds is 4. The van der Waals surface area contributed by atoms with Crippen LogP contribution in [0.25, 0.3) is 91.9 Å². The van der Waals surface area contributed by atoms with Crippen molar-refractivity contribution < 1.29 is 4.42 Å². The van der Waals surface area contributed by atoms with Crippen LogP contribution in [0, 0.1) is 0 Å². The minimum atomic E-state index is -0.406. The molecule has 0 saturated heterocycles. The van der Waals surface area contributed by atoms with Gasteiger partial charge in [-0.25, -0.2) is 0 Å². The third-order valence-corrected chi connectivity index (χ3v) is 13.9. The summed E-state index contributed by atoms with van der Waals surface area (Å²) in [6.45, 7) is 0. The molecule has 0 N–H and O–H groups in total. The summed E-state index contributed by atoms with van der Waals surface area (Å²) in [6.07, 6.45) is 0. The second-order valence-electron chi connectivity index (χ2n) is 15.5. The number of hydrogen-bond donors (Lipinski definition) is 0. The number of furan rings is 1. The van der Waals surface area contributed by atoms with Gasteiger partial charge in [0.05, 0.1) is 21.1 Å². The second kappa shape index (κ2) is 11.9. The van der Waals surface area contributed by atoms with Crippen LogP contribution < -0.4 is 0 Å². The first-order chi connectivity index (χ1) is 28.8. The van der Waals surface area contributed by atoms with E-state index in [4.69, 9.17) is 4.42 Å². The van der Waals surface area contributed by atoms with Gasteiger partial charge in [-0.3, -0.25) is 0 Å². The Kier molecular flexibility index (Phi) is 6.56. The van der Waals surface area contributed by atoms with Gasteiger partial charge in [0.2, 0.25) is 0 Å². The Hall–Kier alpha value is -7.20. The average molecular weight is 756 g/mol. The van der Waals surface area contributed by atoms with E-state index in [9.17, 15) is 0 Å². The van der Waals surface area contributed by atoms with E-state index in [-0.39, 0.29) is 0 Å². The molecular formula is C55H33NOS. The molecule has 12 aromatic rings. The van der Waals surface area contributed by atoms with Crippen molar-refractivity contribution in [1.29, 1.82) is 0 Å². The fourth-order valence-electron chi connectivity index (χ4n) is 10.3. The third kappa shape index (κ3) is 4.16. The van der Waals surface area contributed by atoms with Crippen molar-refractivity contribution in [2.24, 2.45) is 0 Å². The Bertz CT molecular complexity index is 3560. The number of fused-ring (bicyclic) bond motifs is 15. The molecule has 1 aliphatic rings. The van der Waals surface area contributed by atoms with Crippen LogP contribution in [0.3, 0.4) is 0 Å². The summed E-state index contributed by atoms with van der Waals surface area (Å²) in [5.41, 5.74) is 15.3. The SMILES string of the molecule is c1ccc(C2(c3ccc(-c4ccc(-n5c6ccccc6c6c7c8ccccc8oc7c7c8ccccc8sc7c65)cc4)cc3)c3ccccc3-c3ccccc32)cc1. The van der Waals surface area contributed by atoms with E-state index in [0.717, 1.165) is 22.2 Å². The maximum absolute atomic E-state index is 6.77. The highest BCUT2D eigenvalue weighted by atomic mass is 32.1. The van der Waals surface area contributed by atoms with Gasteiger partial charge in [-0.05, 0) is 74.8 Å². The number of thiophene rings is 1. The first kappa shape index (κ1) is 31.9. The molecule has 9 aromatic carbocycles. The minimum Gasteiger partial charge on any atom is -0.455 e. The van der Waals surface area contributed by atoms with Crippen LogP contribution in [0.4, 0.5) is 0 Å². The first-order valence-electron chi connectivity index (χ1n) is 19.9. The van der Waals surface area contributed by atoms with E-state index in [1.54, 1.807) is 0 Å². The van der Waals surface area contributed by atoms with Crippen LogP contribution in [0.5, 0.6) is 0 Å². The number of benzene rings is 9. The molecule has 0 bridgehead atoms. The van der Waals surface area contributed by atoms with Gasteiger partial charge in [0.15, 0.2) is 0 Å². The smallest absolute Gasteiger partial charge is 0.145 e. The molecule has 13 rings (SSSR count). The Morgan fingerprint density at radius 1 is 0.431 bits per heavy atom. The largest absolute Gasteiger partial charge is 0.455 e. The number of aromatic nitrogens is 1. The van der Waals surface area contributed by atoms with Crippen molar-refractivity contribution in [1.82, 2.24) is 4.57 Å². The van der Waals surface area contributed by atoms with Crippen LogP contribution >= 0.6 is 11.3 Å². The zero-order valence-corrected chi connectivity index (χ0v) is 32.1. The molecule has 0 radical (unpaired) electrons. The summed E-state index contributed by atoms with van der Waals surface area (Å²) >= 11 is 1.86. The van der Waals surface area contributed by atoms with Gasteiger partial charge in [-0.15, -0.1) is 11.3 Å². The Morgan fingerprint density at radius 2 is 1.00 bits per heavy atom. The van der Waals surface area contributed by atoms with Crippen molar-refractivity contribution >= 4 is 75.3 Å². The van der Waals surface area contributed by atoms with Crippen molar-refractivity contribution in [3.63, 3.8) is 0 Å². The van der Waals surface area contributed by atoms with Crippen LogP contribution in [-0.2, 0) is 5.41 Å². The van der Waals surface area contributed by atoms with Crippen molar-refractivity contribution in [2.45, 2.75) is 5.41 Å². The molecule has 3 aromatic heterocycles. The molecular weight excluding hydrogens is 723 g/mol. The lowest BCUT2D eigenvalue weighted by atomic mass is 9.67. The molecule has 0 saturated carbocycles. The quantitative estimate of drug-likeness (QED) is 0.175. The molecule has 0 atom stereocenters. The lowest BCUT2D eigenvalue weighted by molar-refractivity contribution is 0.673. The molecule has 58 heavy (non-hydrogen) atoms. The van der Waals surface area contributed by atoms with Gasteiger partial charge in [0, 0.05) is 42.7 Å². The predicted molar refractivity (Wildman–Crippen MR) is 244 cm³/mol. The highest BCUT2D eigenvalue weighted by Crippen LogP contribution is 2.56. The zero-order valence-electron chi connectivity index (χ0n) is 31.3. The molecule has 1 aliphatic carbocycles. The second-order valence-corrected chi connectivity index (χ2v) is 16.6. The van der Waals surface area contributed by atoms with E-state index < -0.39 is 5.41 Å². The predicted octanol–water partition coefficient (Wildman–Crippen LogP) is 15.1. The summed E-state index contributed by atoms with van der Waals surface area (Å²) in [4.78, 5) is 0.